The van der Waals surface area contributed by atoms with E-state index in [4.69, 9.17) is 0 Å². The van der Waals surface area contributed by atoms with Gasteiger partial charge in [0.05, 0.1) is 14.2 Å². The van der Waals surface area contributed by atoms with Crippen LogP contribution in [0.15, 0.2) is 12.2 Å². The normalized spacial score (nSPS) is 25.6. The molecule has 1 aliphatic rings. The van der Waals surface area contributed by atoms with E-state index in [-0.39, 0.29) is 17.4 Å². The number of carbonyl (C=O) groups is 2. The molecule has 1 fully saturated rings. The van der Waals surface area contributed by atoms with Gasteiger partial charge >= 0.3 is 11.9 Å². The van der Waals surface area contributed by atoms with Gasteiger partial charge in [-0.2, -0.15) is 0 Å². The van der Waals surface area contributed by atoms with Crippen molar-refractivity contribution in [3.05, 3.63) is 12.2 Å². The van der Waals surface area contributed by atoms with Crippen LogP contribution in [-0.4, -0.2) is 26.2 Å². The summed E-state index contributed by atoms with van der Waals surface area (Å²) in [6.07, 6.45) is 4.58. The summed E-state index contributed by atoms with van der Waals surface area (Å²) >= 11 is 0. The maximum atomic E-state index is 11.1. The van der Waals surface area contributed by atoms with E-state index in [1.165, 1.54) is 20.3 Å². The summed E-state index contributed by atoms with van der Waals surface area (Å²) < 4.78 is 9.16. The van der Waals surface area contributed by atoms with Crippen LogP contribution >= 0.6 is 0 Å². The quantitative estimate of drug-likeness (QED) is 0.544. The van der Waals surface area contributed by atoms with Crippen molar-refractivity contribution in [1.82, 2.24) is 0 Å². The monoisotopic (exact) mass is 240 g/mol. The van der Waals surface area contributed by atoms with Gasteiger partial charge in [0.25, 0.3) is 0 Å². The number of methoxy groups -OCH3 is 2. The molecule has 0 amide bonds. The number of hydrogen-bond acceptors (Lipinski definition) is 4. The minimum absolute atomic E-state index is 0.151. The van der Waals surface area contributed by atoms with Crippen LogP contribution in [0.25, 0.3) is 0 Å². The Bertz CT molecular complexity index is 330. The van der Waals surface area contributed by atoms with Crippen molar-refractivity contribution in [3.8, 4) is 0 Å². The molecule has 4 heteroatoms. The van der Waals surface area contributed by atoms with Gasteiger partial charge < -0.3 is 9.47 Å². The first kappa shape index (κ1) is 13.7. The van der Waals surface area contributed by atoms with Gasteiger partial charge in [0.15, 0.2) is 0 Å². The summed E-state index contributed by atoms with van der Waals surface area (Å²) in [5, 5.41) is 0. The molecule has 0 bridgehead atoms. The third kappa shape index (κ3) is 3.32. The van der Waals surface area contributed by atoms with Crippen molar-refractivity contribution in [1.29, 1.82) is 0 Å². The Morgan fingerprint density at radius 2 is 1.88 bits per heavy atom. The third-order valence-electron chi connectivity index (χ3n) is 3.67. The molecular formula is C13H20O4. The Labute approximate surface area is 102 Å². The molecule has 1 rings (SSSR count). The number of carbonyl (C=O) groups excluding carboxylic acids is 2. The van der Waals surface area contributed by atoms with Crippen molar-refractivity contribution in [3.63, 3.8) is 0 Å². The first-order valence-corrected chi connectivity index (χ1v) is 5.76. The number of esters is 2. The van der Waals surface area contributed by atoms with Crippen molar-refractivity contribution in [2.24, 2.45) is 17.3 Å². The van der Waals surface area contributed by atoms with Crippen LogP contribution in [0.4, 0.5) is 0 Å². The Kier molecular flexibility index (Phi) is 4.32. The maximum absolute atomic E-state index is 11.1. The predicted octanol–water partition coefficient (Wildman–Crippen LogP) is 1.94. The first-order valence-electron chi connectivity index (χ1n) is 5.76. The highest BCUT2D eigenvalue weighted by Crippen LogP contribution is 2.61. The fourth-order valence-corrected chi connectivity index (χ4v) is 2.35. The average molecular weight is 240 g/mol. The molecule has 0 aliphatic heterocycles. The minimum atomic E-state index is -0.334. The maximum Gasteiger partial charge on any atom is 0.330 e. The van der Waals surface area contributed by atoms with Crippen LogP contribution in [0.5, 0.6) is 0 Å². The van der Waals surface area contributed by atoms with Crippen LogP contribution in [0, 0.1) is 17.3 Å². The summed E-state index contributed by atoms with van der Waals surface area (Å²) in [6.45, 7) is 4.28. The number of allylic oxidation sites excluding steroid dienone is 1. The van der Waals surface area contributed by atoms with E-state index in [9.17, 15) is 9.59 Å². The van der Waals surface area contributed by atoms with E-state index in [0.717, 1.165) is 6.42 Å². The topological polar surface area (TPSA) is 52.6 Å². The standard InChI is InChI=1S/C13H20O4/c1-13(2)9(5-7-11(14)16-3)10(13)6-8-12(15)17-4/h5,7,9-10H,6,8H2,1-4H3/b7-5+. The summed E-state index contributed by atoms with van der Waals surface area (Å²) in [5.74, 6) is 0.261. The van der Waals surface area contributed by atoms with Gasteiger partial charge in [-0.15, -0.1) is 0 Å². The zero-order valence-corrected chi connectivity index (χ0v) is 10.9. The highest BCUT2D eigenvalue weighted by atomic mass is 16.5. The minimum Gasteiger partial charge on any atom is -0.469 e. The van der Waals surface area contributed by atoms with Crippen LogP contribution in [0.2, 0.25) is 0 Å². The van der Waals surface area contributed by atoms with Gasteiger partial charge in [-0.25, -0.2) is 4.79 Å². The first-order chi connectivity index (χ1) is 7.93. The molecule has 0 heterocycles. The van der Waals surface area contributed by atoms with Gasteiger partial charge in [-0.05, 0) is 23.7 Å². The second kappa shape index (κ2) is 5.34. The third-order valence-corrected chi connectivity index (χ3v) is 3.67. The van der Waals surface area contributed by atoms with E-state index >= 15 is 0 Å². The number of hydrogen-bond donors (Lipinski definition) is 0. The summed E-state index contributed by atoms with van der Waals surface area (Å²) in [7, 11) is 2.76. The second-order valence-corrected chi connectivity index (χ2v) is 4.95. The lowest BCUT2D eigenvalue weighted by Crippen LogP contribution is -2.01. The Balaban J connectivity index is 2.45. The van der Waals surface area contributed by atoms with Crippen LogP contribution in [-0.2, 0) is 19.1 Å². The lowest BCUT2D eigenvalue weighted by Gasteiger charge is -2.01. The van der Waals surface area contributed by atoms with E-state index in [1.54, 1.807) is 0 Å². The summed E-state index contributed by atoms with van der Waals surface area (Å²) in [5.41, 5.74) is 0.151. The molecule has 2 unspecified atom stereocenters. The molecule has 4 nitrogen and oxygen atoms in total. The van der Waals surface area contributed by atoms with Gasteiger partial charge in [0, 0.05) is 12.5 Å². The van der Waals surface area contributed by atoms with Crippen molar-refractivity contribution in [2.45, 2.75) is 26.7 Å². The van der Waals surface area contributed by atoms with Gasteiger partial charge in [0.1, 0.15) is 0 Å². The molecule has 0 N–H and O–H groups in total. The fourth-order valence-electron chi connectivity index (χ4n) is 2.35. The molecule has 0 spiro atoms. The second-order valence-electron chi connectivity index (χ2n) is 4.95. The van der Waals surface area contributed by atoms with Crippen molar-refractivity contribution < 1.29 is 19.1 Å². The molecule has 96 valence electrons. The molecule has 1 aliphatic carbocycles. The van der Waals surface area contributed by atoms with Gasteiger partial charge in [-0.3, -0.25) is 4.79 Å². The van der Waals surface area contributed by atoms with Crippen molar-refractivity contribution in [2.75, 3.05) is 14.2 Å². The number of rotatable bonds is 5. The predicted molar refractivity (Wildman–Crippen MR) is 63.2 cm³/mol. The largest absolute Gasteiger partial charge is 0.469 e. The molecule has 0 aromatic heterocycles. The molecule has 2 atom stereocenters. The van der Waals surface area contributed by atoms with E-state index < -0.39 is 0 Å². The highest BCUT2D eigenvalue weighted by molar-refractivity contribution is 5.81. The van der Waals surface area contributed by atoms with Crippen LogP contribution in [0.1, 0.15) is 26.7 Å². The lowest BCUT2D eigenvalue weighted by atomic mass is 10.1. The van der Waals surface area contributed by atoms with E-state index in [0.29, 0.717) is 18.3 Å². The van der Waals surface area contributed by atoms with E-state index in [2.05, 4.69) is 23.3 Å². The smallest absolute Gasteiger partial charge is 0.330 e. The summed E-state index contributed by atoms with van der Waals surface area (Å²) in [4.78, 5) is 22.1. The summed E-state index contributed by atoms with van der Waals surface area (Å²) in [6, 6.07) is 0. The highest BCUT2D eigenvalue weighted by Gasteiger charge is 2.55. The average Bonchev–Trinajstić information content (AvgIpc) is 2.83. The van der Waals surface area contributed by atoms with Crippen LogP contribution in [0.3, 0.4) is 0 Å². The van der Waals surface area contributed by atoms with Gasteiger partial charge in [-0.1, -0.05) is 19.9 Å². The molecule has 17 heavy (non-hydrogen) atoms. The molecule has 0 aromatic rings. The Morgan fingerprint density at radius 1 is 1.24 bits per heavy atom. The molecular weight excluding hydrogens is 220 g/mol. The zero-order valence-electron chi connectivity index (χ0n) is 10.9. The van der Waals surface area contributed by atoms with Crippen LogP contribution < -0.4 is 0 Å². The fraction of sp³-hybridized carbons (Fsp3) is 0.692. The van der Waals surface area contributed by atoms with Crippen molar-refractivity contribution >= 4 is 11.9 Å². The lowest BCUT2D eigenvalue weighted by molar-refractivity contribution is -0.141. The molecule has 0 radical (unpaired) electrons. The number of ether oxygens (including phenoxy) is 2. The van der Waals surface area contributed by atoms with E-state index in [1.807, 2.05) is 6.08 Å². The molecule has 0 aromatic carbocycles. The zero-order chi connectivity index (χ0) is 13.1. The van der Waals surface area contributed by atoms with Gasteiger partial charge in [0.2, 0.25) is 0 Å². The Hall–Kier alpha value is -1.32. The molecule has 0 saturated heterocycles. The Morgan fingerprint density at radius 3 is 2.41 bits per heavy atom. The molecule has 1 saturated carbocycles. The SMILES string of the molecule is COC(=O)/C=C/C1C(CCC(=O)OC)C1(C)C.